The lowest BCUT2D eigenvalue weighted by Crippen LogP contribution is -2.41. The van der Waals surface area contributed by atoms with Gasteiger partial charge in [-0.15, -0.1) is 0 Å². The number of piperidine rings is 1. The number of ether oxygens (including phenoxy) is 1. The predicted molar refractivity (Wildman–Crippen MR) is 103 cm³/mol. The number of aromatic nitrogens is 4. The van der Waals surface area contributed by atoms with Crippen LogP contribution in [0.1, 0.15) is 30.7 Å². The highest BCUT2D eigenvalue weighted by Crippen LogP contribution is 2.21. The fourth-order valence-corrected chi connectivity index (χ4v) is 3.43. The van der Waals surface area contributed by atoms with Gasteiger partial charge in [-0.3, -0.25) is 9.48 Å². The zero-order valence-electron chi connectivity index (χ0n) is 16.3. The van der Waals surface area contributed by atoms with Crippen molar-refractivity contribution in [2.45, 2.75) is 39.7 Å². The third-order valence-electron chi connectivity index (χ3n) is 4.92. The van der Waals surface area contributed by atoms with Crippen LogP contribution < -0.4 is 15.0 Å². The van der Waals surface area contributed by atoms with E-state index in [1.807, 2.05) is 11.6 Å². The van der Waals surface area contributed by atoms with E-state index in [0.717, 1.165) is 50.3 Å². The molecule has 2 aromatic heterocycles. The average Bonchev–Trinajstić information content (AvgIpc) is 3.02. The van der Waals surface area contributed by atoms with E-state index in [9.17, 15) is 4.79 Å². The lowest BCUT2D eigenvalue weighted by Gasteiger charge is -2.31. The molecule has 3 heterocycles. The number of rotatable bonds is 7. The highest BCUT2D eigenvalue weighted by molar-refractivity contribution is 5.78. The molecule has 1 N–H and O–H groups in total. The van der Waals surface area contributed by atoms with Gasteiger partial charge >= 0.3 is 0 Å². The minimum absolute atomic E-state index is 0.0561. The Bertz CT molecular complexity index is 767. The van der Waals surface area contributed by atoms with Crippen LogP contribution in [0.2, 0.25) is 0 Å². The molecule has 0 radical (unpaired) electrons. The van der Waals surface area contributed by atoms with Crippen molar-refractivity contribution >= 4 is 11.9 Å². The first-order valence-electron chi connectivity index (χ1n) is 9.47. The zero-order chi connectivity index (χ0) is 19.2. The summed E-state index contributed by atoms with van der Waals surface area (Å²) in [6.07, 6.45) is 4.20. The Kier molecular flexibility index (Phi) is 6.26. The van der Waals surface area contributed by atoms with Crippen molar-refractivity contribution in [1.29, 1.82) is 0 Å². The number of carbonyl (C=O) groups excluding carboxylic acids is 1. The quantitative estimate of drug-likeness (QED) is 0.745. The molecule has 8 heteroatoms. The van der Waals surface area contributed by atoms with Crippen molar-refractivity contribution in [1.82, 2.24) is 25.1 Å². The number of hydrogen-bond acceptors (Lipinski definition) is 6. The summed E-state index contributed by atoms with van der Waals surface area (Å²) in [5.74, 6) is 1.43. The van der Waals surface area contributed by atoms with E-state index in [2.05, 4.69) is 38.3 Å². The summed E-state index contributed by atoms with van der Waals surface area (Å²) in [4.78, 5) is 23.2. The Labute approximate surface area is 159 Å². The topological polar surface area (TPSA) is 85.2 Å². The Morgan fingerprint density at radius 1 is 1.33 bits per heavy atom. The number of amides is 1. The molecule has 0 saturated carbocycles. The average molecular weight is 372 g/mol. The molecule has 146 valence electrons. The number of carbonyl (C=O) groups is 1. The van der Waals surface area contributed by atoms with Crippen LogP contribution in [0.15, 0.2) is 18.3 Å². The molecule has 2 aromatic rings. The first kappa shape index (κ1) is 19.1. The van der Waals surface area contributed by atoms with Gasteiger partial charge in [-0.25, -0.2) is 4.98 Å². The van der Waals surface area contributed by atoms with Crippen LogP contribution in [-0.4, -0.2) is 52.4 Å². The van der Waals surface area contributed by atoms with E-state index in [4.69, 9.17) is 4.74 Å². The number of aryl methyl sites for hydroxylation is 3. The van der Waals surface area contributed by atoms with E-state index in [-0.39, 0.29) is 11.8 Å². The van der Waals surface area contributed by atoms with Crippen molar-refractivity contribution in [2.24, 2.45) is 5.92 Å². The summed E-state index contributed by atoms with van der Waals surface area (Å²) in [7, 11) is 1.59. The molecule has 27 heavy (non-hydrogen) atoms. The summed E-state index contributed by atoms with van der Waals surface area (Å²) in [5, 5.41) is 7.52. The molecule has 0 unspecified atom stereocenters. The number of methoxy groups -OCH3 is 1. The van der Waals surface area contributed by atoms with Gasteiger partial charge in [-0.2, -0.15) is 10.1 Å². The highest BCUT2D eigenvalue weighted by Gasteiger charge is 2.26. The van der Waals surface area contributed by atoms with Crippen LogP contribution in [-0.2, 0) is 11.3 Å². The number of hydrogen-bond donors (Lipinski definition) is 1. The maximum absolute atomic E-state index is 12.4. The van der Waals surface area contributed by atoms with Gasteiger partial charge in [0, 0.05) is 50.1 Å². The van der Waals surface area contributed by atoms with Crippen LogP contribution in [0, 0.1) is 19.8 Å². The molecule has 0 aromatic carbocycles. The van der Waals surface area contributed by atoms with Gasteiger partial charge in [0.15, 0.2) is 0 Å². The Morgan fingerprint density at radius 3 is 2.78 bits per heavy atom. The molecule has 0 aliphatic carbocycles. The number of nitrogens with zero attached hydrogens (tertiary/aromatic N) is 5. The molecule has 0 atom stereocenters. The summed E-state index contributed by atoms with van der Waals surface area (Å²) in [6.45, 7) is 7.10. The first-order chi connectivity index (χ1) is 13.1. The van der Waals surface area contributed by atoms with Crippen LogP contribution in [0.3, 0.4) is 0 Å². The summed E-state index contributed by atoms with van der Waals surface area (Å²) in [5.41, 5.74) is 2.19. The molecule has 0 bridgehead atoms. The Balaban J connectivity index is 1.40. The Hall–Kier alpha value is -2.64. The second kappa shape index (κ2) is 8.83. The maximum atomic E-state index is 12.4. The van der Waals surface area contributed by atoms with Gasteiger partial charge in [0.1, 0.15) is 0 Å². The highest BCUT2D eigenvalue weighted by atomic mass is 16.5. The van der Waals surface area contributed by atoms with Gasteiger partial charge in [0.05, 0.1) is 12.8 Å². The molecule has 0 spiro atoms. The minimum atomic E-state index is 0.0561. The third kappa shape index (κ3) is 4.96. The predicted octanol–water partition coefficient (Wildman–Crippen LogP) is 1.72. The van der Waals surface area contributed by atoms with Crippen LogP contribution >= 0.6 is 0 Å². The summed E-state index contributed by atoms with van der Waals surface area (Å²) in [6, 6.07) is 3.80. The molecule has 1 aliphatic rings. The molecule has 1 amide bonds. The number of anilines is 1. The standard InChI is InChI=1S/C19H28N6O2/c1-14-13-15(2)25(23-14)10-4-8-20-18(26)16-6-11-24(12-7-16)19-21-9-5-17(22-19)27-3/h5,9,13,16H,4,6-8,10-12H2,1-3H3,(H,20,26). The fourth-order valence-electron chi connectivity index (χ4n) is 3.43. The normalized spacial score (nSPS) is 15.0. The first-order valence-corrected chi connectivity index (χ1v) is 9.47. The molecule has 1 fully saturated rings. The van der Waals surface area contributed by atoms with Gasteiger partial charge in [0.2, 0.25) is 17.7 Å². The lowest BCUT2D eigenvalue weighted by atomic mass is 9.96. The van der Waals surface area contributed by atoms with Crippen molar-refractivity contribution in [2.75, 3.05) is 31.6 Å². The van der Waals surface area contributed by atoms with Gasteiger partial charge in [-0.05, 0) is 39.2 Å². The Morgan fingerprint density at radius 2 is 2.11 bits per heavy atom. The molecule has 1 saturated heterocycles. The monoisotopic (exact) mass is 372 g/mol. The van der Waals surface area contributed by atoms with Crippen LogP contribution in [0.5, 0.6) is 5.88 Å². The zero-order valence-corrected chi connectivity index (χ0v) is 16.3. The van der Waals surface area contributed by atoms with E-state index < -0.39 is 0 Å². The molecular weight excluding hydrogens is 344 g/mol. The SMILES string of the molecule is COc1ccnc(N2CCC(C(=O)NCCCn3nc(C)cc3C)CC2)n1. The smallest absolute Gasteiger partial charge is 0.228 e. The molecular formula is C19H28N6O2. The third-order valence-corrected chi connectivity index (χ3v) is 4.92. The van der Waals surface area contributed by atoms with Gasteiger partial charge in [0.25, 0.3) is 0 Å². The summed E-state index contributed by atoms with van der Waals surface area (Å²) >= 11 is 0. The molecule has 3 rings (SSSR count). The molecule has 8 nitrogen and oxygen atoms in total. The number of nitrogens with one attached hydrogen (secondary N) is 1. The van der Waals surface area contributed by atoms with Crippen molar-refractivity contribution < 1.29 is 9.53 Å². The minimum Gasteiger partial charge on any atom is -0.481 e. The van der Waals surface area contributed by atoms with Crippen LogP contribution in [0.4, 0.5) is 5.95 Å². The van der Waals surface area contributed by atoms with E-state index >= 15 is 0 Å². The lowest BCUT2D eigenvalue weighted by molar-refractivity contribution is -0.125. The maximum Gasteiger partial charge on any atom is 0.228 e. The van der Waals surface area contributed by atoms with Gasteiger partial charge < -0.3 is 15.0 Å². The largest absolute Gasteiger partial charge is 0.481 e. The van der Waals surface area contributed by atoms with Crippen molar-refractivity contribution in [3.8, 4) is 5.88 Å². The summed E-state index contributed by atoms with van der Waals surface area (Å²) < 4.78 is 7.15. The van der Waals surface area contributed by atoms with Crippen LogP contribution in [0.25, 0.3) is 0 Å². The van der Waals surface area contributed by atoms with E-state index in [0.29, 0.717) is 18.4 Å². The van der Waals surface area contributed by atoms with Gasteiger partial charge in [-0.1, -0.05) is 0 Å². The van der Waals surface area contributed by atoms with E-state index in [1.54, 1.807) is 19.4 Å². The second-order valence-corrected chi connectivity index (χ2v) is 6.96. The fraction of sp³-hybridized carbons (Fsp3) is 0.579. The van der Waals surface area contributed by atoms with Crippen molar-refractivity contribution in [3.63, 3.8) is 0 Å². The van der Waals surface area contributed by atoms with Crippen molar-refractivity contribution in [3.05, 3.63) is 29.7 Å². The van der Waals surface area contributed by atoms with E-state index in [1.165, 1.54) is 0 Å². The molecule has 1 aliphatic heterocycles. The second-order valence-electron chi connectivity index (χ2n) is 6.96.